The number of rotatable bonds is 4. The predicted molar refractivity (Wildman–Crippen MR) is 146 cm³/mol. The summed E-state index contributed by atoms with van der Waals surface area (Å²) in [6.07, 6.45) is 3.70. The fourth-order valence-corrected chi connectivity index (χ4v) is 6.36. The summed E-state index contributed by atoms with van der Waals surface area (Å²) in [7, 11) is 3.30. The van der Waals surface area contributed by atoms with E-state index in [0.717, 1.165) is 51.2 Å². The molecule has 1 aromatic heterocycles. The van der Waals surface area contributed by atoms with E-state index in [1.165, 1.54) is 22.5 Å². The molecular weight excluding hydrogens is 536 g/mol. The summed E-state index contributed by atoms with van der Waals surface area (Å²) in [5.41, 5.74) is 6.52. The number of benzene rings is 3. The highest BCUT2D eigenvalue weighted by atomic mass is 79.9. The van der Waals surface area contributed by atoms with Gasteiger partial charge in [-0.1, -0.05) is 63.7 Å². The lowest BCUT2D eigenvalue weighted by Crippen LogP contribution is -2.38. The van der Waals surface area contributed by atoms with Crippen LogP contribution in [-0.2, 0) is 6.42 Å². The van der Waals surface area contributed by atoms with Crippen LogP contribution in [0.2, 0.25) is 0 Å². The number of nitrogens with zero attached hydrogens (tertiary/aromatic N) is 2. The van der Waals surface area contributed by atoms with Gasteiger partial charge in [-0.15, -0.1) is 0 Å². The van der Waals surface area contributed by atoms with Gasteiger partial charge in [0.1, 0.15) is 11.5 Å². The number of aromatic nitrogens is 1. The lowest BCUT2D eigenvalue weighted by atomic mass is 9.83. The Morgan fingerprint density at radius 3 is 2.53 bits per heavy atom. The standard InChI is InChI=1S/C29H23BrN2O3S/c1-34-20-10-7-18(8-11-20)27-23-13-9-17-5-3-4-6-22(17)26(23)31-29-32(27)28(33)25(36-29)16-19-15-21(35-2)12-14-24(19)30/h3-8,10-12,14-16,27H,9,13H2,1-2H3. The van der Waals surface area contributed by atoms with Crippen LogP contribution in [0.4, 0.5) is 0 Å². The minimum Gasteiger partial charge on any atom is -0.497 e. The molecule has 0 saturated heterocycles. The quantitative estimate of drug-likeness (QED) is 0.350. The molecule has 36 heavy (non-hydrogen) atoms. The molecule has 2 aliphatic rings. The molecule has 0 fully saturated rings. The Morgan fingerprint density at radius 1 is 1.00 bits per heavy atom. The maximum atomic E-state index is 13.9. The fourth-order valence-electron chi connectivity index (χ4n) is 5.01. The Morgan fingerprint density at radius 2 is 1.75 bits per heavy atom. The smallest absolute Gasteiger partial charge is 0.271 e. The summed E-state index contributed by atoms with van der Waals surface area (Å²) in [5.74, 6) is 1.53. The molecule has 7 heteroatoms. The first-order valence-electron chi connectivity index (χ1n) is 11.7. The third-order valence-corrected chi connectivity index (χ3v) is 8.50. The number of allylic oxidation sites excluding steroid dienone is 1. The van der Waals surface area contributed by atoms with Crippen molar-refractivity contribution in [3.8, 4) is 11.5 Å². The second-order valence-corrected chi connectivity index (χ2v) is 10.6. The molecule has 0 radical (unpaired) electrons. The summed E-state index contributed by atoms with van der Waals surface area (Å²) in [6, 6.07) is 22.0. The molecule has 1 unspecified atom stereocenters. The van der Waals surface area contributed by atoms with Crippen molar-refractivity contribution in [1.82, 2.24) is 4.57 Å². The van der Waals surface area contributed by atoms with Gasteiger partial charge >= 0.3 is 0 Å². The third-order valence-electron chi connectivity index (χ3n) is 6.79. The van der Waals surface area contributed by atoms with Crippen LogP contribution in [-0.4, -0.2) is 18.8 Å². The average molecular weight is 559 g/mol. The molecule has 1 aliphatic heterocycles. The minimum atomic E-state index is -0.216. The number of ether oxygens (including phenoxy) is 2. The van der Waals surface area contributed by atoms with Gasteiger partial charge in [-0.05, 0) is 71.5 Å². The van der Waals surface area contributed by atoms with E-state index in [-0.39, 0.29) is 11.6 Å². The highest BCUT2D eigenvalue weighted by Gasteiger charge is 2.32. The first-order valence-corrected chi connectivity index (χ1v) is 13.3. The topological polar surface area (TPSA) is 52.8 Å². The summed E-state index contributed by atoms with van der Waals surface area (Å²) in [5, 5.41) is 0. The number of halogens is 1. The van der Waals surface area contributed by atoms with Crippen LogP contribution in [0, 0.1) is 0 Å². The number of fused-ring (bicyclic) bond motifs is 3. The predicted octanol–water partition coefficient (Wildman–Crippen LogP) is 5.10. The lowest BCUT2D eigenvalue weighted by molar-refractivity contribution is 0.414. The Labute approximate surface area is 220 Å². The van der Waals surface area contributed by atoms with Crippen LogP contribution < -0.4 is 24.4 Å². The van der Waals surface area contributed by atoms with Crippen molar-refractivity contribution >= 4 is 39.0 Å². The Kier molecular flexibility index (Phi) is 5.90. The second-order valence-electron chi connectivity index (χ2n) is 8.77. The van der Waals surface area contributed by atoms with Gasteiger partial charge < -0.3 is 9.47 Å². The highest BCUT2D eigenvalue weighted by Crippen LogP contribution is 2.41. The van der Waals surface area contributed by atoms with Gasteiger partial charge in [-0.3, -0.25) is 9.36 Å². The minimum absolute atomic E-state index is 0.0419. The molecule has 5 nitrogen and oxygen atoms in total. The zero-order valence-corrected chi connectivity index (χ0v) is 22.2. The molecule has 3 aromatic carbocycles. The van der Waals surface area contributed by atoms with Crippen LogP contribution >= 0.6 is 27.3 Å². The van der Waals surface area contributed by atoms with Gasteiger partial charge in [0, 0.05) is 10.0 Å². The van der Waals surface area contributed by atoms with Crippen molar-refractivity contribution in [3.63, 3.8) is 0 Å². The van der Waals surface area contributed by atoms with Crippen molar-refractivity contribution in [2.24, 2.45) is 4.99 Å². The van der Waals surface area contributed by atoms with Crippen LogP contribution in [0.3, 0.4) is 0 Å². The molecule has 4 aromatic rings. The third kappa shape index (κ3) is 3.83. The van der Waals surface area contributed by atoms with Gasteiger partial charge in [0.25, 0.3) is 5.56 Å². The molecule has 1 aliphatic carbocycles. The summed E-state index contributed by atoms with van der Waals surface area (Å²) in [6.45, 7) is 0. The molecule has 0 saturated carbocycles. The van der Waals surface area contributed by atoms with Gasteiger partial charge in [0.2, 0.25) is 0 Å². The molecule has 0 amide bonds. The van der Waals surface area contributed by atoms with Gasteiger partial charge in [0.05, 0.1) is 30.5 Å². The number of hydrogen-bond donors (Lipinski definition) is 0. The van der Waals surface area contributed by atoms with Crippen LogP contribution in [0.1, 0.15) is 34.7 Å². The Bertz CT molecular complexity index is 1700. The van der Waals surface area contributed by atoms with E-state index in [9.17, 15) is 4.79 Å². The molecule has 0 spiro atoms. The normalized spacial score (nSPS) is 16.6. The van der Waals surface area contributed by atoms with Gasteiger partial charge in [0.15, 0.2) is 4.80 Å². The maximum absolute atomic E-state index is 13.9. The van der Waals surface area contributed by atoms with Crippen molar-refractivity contribution in [2.75, 3.05) is 14.2 Å². The number of methoxy groups -OCH3 is 2. The summed E-state index contributed by atoms with van der Waals surface area (Å²) < 4.78 is 14.2. The fraction of sp³-hybridized carbons (Fsp3) is 0.172. The molecule has 1 atom stereocenters. The van der Waals surface area contributed by atoms with Crippen molar-refractivity contribution in [1.29, 1.82) is 0 Å². The highest BCUT2D eigenvalue weighted by molar-refractivity contribution is 9.10. The molecule has 6 rings (SSSR count). The van der Waals surface area contributed by atoms with Gasteiger partial charge in [-0.2, -0.15) is 0 Å². The van der Waals surface area contributed by atoms with E-state index in [1.807, 2.05) is 41.0 Å². The average Bonchev–Trinajstić information content (AvgIpc) is 3.23. The Balaban J connectivity index is 1.61. The van der Waals surface area contributed by atoms with Crippen LogP contribution in [0.5, 0.6) is 11.5 Å². The molecule has 0 bridgehead atoms. The zero-order valence-electron chi connectivity index (χ0n) is 19.8. The van der Waals surface area contributed by atoms with Crippen LogP contribution in [0.25, 0.3) is 11.8 Å². The molecular formula is C29H23BrN2O3S. The first kappa shape index (κ1) is 23.0. The first-order chi connectivity index (χ1) is 17.6. The molecule has 180 valence electrons. The largest absolute Gasteiger partial charge is 0.497 e. The van der Waals surface area contributed by atoms with Crippen molar-refractivity contribution < 1.29 is 9.47 Å². The van der Waals surface area contributed by atoms with Gasteiger partial charge in [-0.25, -0.2) is 4.99 Å². The van der Waals surface area contributed by atoms with E-state index in [1.54, 1.807) is 14.2 Å². The van der Waals surface area contributed by atoms with E-state index in [2.05, 4.69) is 52.3 Å². The molecule has 2 heterocycles. The van der Waals surface area contributed by atoms with E-state index < -0.39 is 0 Å². The monoisotopic (exact) mass is 558 g/mol. The lowest BCUT2D eigenvalue weighted by Gasteiger charge is -2.30. The number of thiazole rings is 1. The summed E-state index contributed by atoms with van der Waals surface area (Å²) in [4.78, 5) is 19.7. The van der Waals surface area contributed by atoms with E-state index in [4.69, 9.17) is 14.5 Å². The van der Waals surface area contributed by atoms with Crippen LogP contribution in [0.15, 0.2) is 86.6 Å². The SMILES string of the molecule is COc1ccc(C2C3=C(N=c4sc(=Cc5cc(OC)ccc5Br)c(=O)n42)c2ccccc2CC3)cc1. The van der Waals surface area contributed by atoms with Crippen molar-refractivity contribution in [2.45, 2.75) is 18.9 Å². The van der Waals surface area contributed by atoms with Crippen molar-refractivity contribution in [3.05, 3.63) is 119 Å². The summed E-state index contributed by atoms with van der Waals surface area (Å²) >= 11 is 5.03. The Hall–Kier alpha value is -3.42. The van der Waals surface area contributed by atoms with E-state index in [0.29, 0.717) is 9.33 Å². The maximum Gasteiger partial charge on any atom is 0.271 e. The molecule has 0 N–H and O–H groups in total. The number of aryl methyl sites for hydroxylation is 1. The van der Waals surface area contributed by atoms with E-state index >= 15 is 0 Å². The zero-order chi connectivity index (χ0) is 24.8. The second kappa shape index (κ2) is 9.22. The number of hydrogen-bond acceptors (Lipinski definition) is 5.